The molecule has 0 aliphatic carbocycles. The number of carboxylic acids is 1. The predicted molar refractivity (Wildman–Crippen MR) is 87.7 cm³/mol. The van der Waals surface area contributed by atoms with Gasteiger partial charge in [0.25, 0.3) is 0 Å². The second kappa shape index (κ2) is 7.25. The number of aromatic nitrogens is 1. The van der Waals surface area contributed by atoms with Crippen molar-refractivity contribution in [3.63, 3.8) is 0 Å². The summed E-state index contributed by atoms with van der Waals surface area (Å²) in [5.74, 6) is -1.03. The van der Waals surface area contributed by atoms with Crippen molar-refractivity contribution < 1.29 is 24.2 Å². The number of nitrogens with zero attached hydrogens (tertiary/aromatic N) is 2. The van der Waals surface area contributed by atoms with E-state index in [0.717, 1.165) is 0 Å². The molecule has 0 aromatic carbocycles. The predicted octanol–water partition coefficient (Wildman–Crippen LogP) is 3.21. The van der Waals surface area contributed by atoms with Crippen LogP contribution in [0.1, 0.15) is 44.0 Å². The molecule has 1 N–H and O–H groups in total. The van der Waals surface area contributed by atoms with Crippen LogP contribution < -0.4 is 4.74 Å². The first-order valence-electron chi connectivity index (χ1n) is 7.70. The molecule has 8 heteroatoms. The molecule has 2 heterocycles. The average molecular weight is 357 g/mol. The Morgan fingerprint density at radius 2 is 1.96 bits per heavy atom. The number of hydrogen-bond acceptors (Lipinski definition) is 5. The minimum Gasteiger partial charge on any atom is -0.478 e. The zero-order valence-corrected chi connectivity index (χ0v) is 14.7. The number of carbonyl (C=O) groups excluding carboxylic acids is 1. The van der Waals surface area contributed by atoms with Crippen molar-refractivity contribution in [2.24, 2.45) is 0 Å². The van der Waals surface area contributed by atoms with E-state index in [9.17, 15) is 9.59 Å². The van der Waals surface area contributed by atoms with Crippen molar-refractivity contribution in [1.29, 1.82) is 0 Å². The van der Waals surface area contributed by atoms with Gasteiger partial charge in [-0.05, 0) is 26.8 Å². The highest BCUT2D eigenvalue weighted by atomic mass is 35.5. The lowest BCUT2D eigenvalue weighted by Gasteiger charge is -2.33. The van der Waals surface area contributed by atoms with E-state index >= 15 is 0 Å². The van der Waals surface area contributed by atoms with Crippen LogP contribution in [0.5, 0.6) is 5.88 Å². The number of likely N-dealkylation sites (tertiary alicyclic amines) is 1. The molecule has 24 heavy (non-hydrogen) atoms. The fourth-order valence-electron chi connectivity index (χ4n) is 2.31. The van der Waals surface area contributed by atoms with Crippen LogP contribution >= 0.6 is 11.6 Å². The molecule has 1 aliphatic heterocycles. The molecule has 0 bridgehead atoms. The van der Waals surface area contributed by atoms with E-state index in [1.54, 1.807) is 4.90 Å². The van der Waals surface area contributed by atoms with Gasteiger partial charge in [0.2, 0.25) is 5.88 Å². The maximum atomic E-state index is 12.0. The first-order chi connectivity index (χ1) is 11.2. The molecule has 0 saturated carbocycles. The topological polar surface area (TPSA) is 89.0 Å². The van der Waals surface area contributed by atoms with Gasteiger partial charge in [-0.15, -0.1) is 0 Å². The van der Waals surface area contributed by atoms with E-state index in [-0.39, 0.29) is 28.7 Å². The lowest BCUT2D eigenvalue weighted by atomic mass is 10.1. The molecule has 0 unspecified atom stereocenters. The molecule has 1 aliphatic rings. The van der Waals surface area contributed by atoms with Crippen molar-refractivity contribution in [3.8, 4) is 5.88 Å². The van der Waals surface area contributed by atoms with Gasteiger partial charge in [-0.3, -0.25) is 0 Å². The molecule has 2 rings (SSSR count). The molecule has 1 aromatic heterocycles. The van der Waals surface area contributed by atoms with E-state index in [1.165, 1.54) is 12.3 Å². The van der Waals surface area contributed by atoms with Gasteiger partial charge in [0.05, 0.1) is 5.56 Å². The van der Waals surface area contributed by atoms with Gasteiger partial charge < -0.3 is 19.5 Å². The SMILES string of the molecule is CC(C)(C)OC(=O)N1CCC(Oc2nccc(C(=O)O)c2Cl)CC1. The fourth-order valence-corrected chi connectivity index (χ4v) is 2.55. The van der Waals surface area contributed by atoms with Crippen molar-refractivity contribution >= 4 is 23.7 Å². The maximum Gasteiger partial charge on any atom is 0.410 e. The van der Waals surface area contributed by atoms with E-state index in [2.05, 4.69) is 4.98 Å². The van der Waals surface area contributed by atoms with Gasteiger partial charge in [0, 0.05) is 32.1 Å². The molecule has 0 atom stereocenters. The first kappa shape index (κ1) is 18.3. The highest BCUT2D eigenvalue weighted by molar-refractivity contribution is 6.34. The van der Waals surface area contributed by atoms with E-state index < -0.39 is 11.6 Å². The van der Waals surface area contributed by atoms with Gasteiger partial charge in [-0.2, -0.15) is 0 Å². The number of ether oxygens (including phenoxy) is 2. The van der Waals surface area contributed by atoms with E-state index in [4.69, 9.17) is 26.2 Å². The standard InChI is InChI=1S/C16H21ClN2O5/c1-16(2,3)24-15(22)19-8-5-10(6-9-19)23-13-12(17)11(14(20)21)4-7-18-13/h4,7,10H,5-6,8-9H2,1-3H3,(H,20,21). The molecular formula is C16H21ClN2O5. The summed E-state index contributed by atoms with van der Waals surface area (Å²) in [4.78, 5) is 28.7. The third-order valence-corrected chi connectivity index (χ3v) is 3.82. The van der Waals surface area contributed by atoms with Crippen LogP contribution in [0.15, 0.2) is 12.3 Å². The number of hydrogen-bond donors (Lipinski definition) is 1. The summed E-state index contributed by atoms with van der Waals surface area (Å²) < 4.78 is 11.1. The molecule has 0 radical (unpaired) electrons. The summed E-state index contributed by atoms with van der Waals surface area (Å²) in [6.07, 6.45) is 2.01. The monoisotopic (exact) mass is 356 g/mol. The van der Waals surface area contributed by atoms with Crippen molar-refractivity contribution in [1.82, 2.24) is 9.88 Å². The molecule has 1 amide bonds. The Hall–Kier alpha value is -2.02. The Bertz CT molecular complexity index is 621. The average Bonchev–Trinajstić information content (AvgIpc) is 2.48. The highest BCUT2D eigenvalue weighted by Crippen LogP contribution is 2.28. The minimum atomic E-state index is -1.13. The molecule has 7 nitrogen and oxygen atoms in total. The Kier molecular flexibility index (Phi) is 5.54. The van der Waals surface area contributed by atoms with Crippen LogP contribution in [0.2, 0.25) is 5.02 Å². The lowest BCUT2D eigenvalue weighted by molar-refractivity contribution is 0.0122. The van der Waals surface area contributed by atoms with Crippen LogP contribution in [0.25, 0.3) is 0 Å². The van der Waals surface area contributed by atoms with Crippen molar-refractivity contribution in [2.75, 3.05) is 13.1 Å². The van der Waals surface area contributed by atoms with E-state index in [0.29, 0.717) is 25.9 Å². The van der Waals surface area contributed by atoms with Gasteiger partial charge in [0.1, 0.15) is 16.7 Å². The Labute approximate surface area is 145 Å². The van der Waals surface area contributed by atoms with Gasteiger partial charge >= 0.3 is 12.1 Å². The van der Waals surface area contributed by atoms with Crippen LogP contribution in [0.4, 0.5) is 4.79 Å². The van der Waals surface area contributed by atoms with Gasteiger partial charge in [-0.1, -0.05) is 11.6 Å². The molecule has 1 fully saturated rings. The number of halogens is 1. The number of piperidine rings is 1. The quantitative estimate of drug-likeness (QED) is 0.894. The Morgan fingerprint density at radius 3 is 2.50 bits per heavy atom. The molecule has 1 saturated heterocycles. The summed E-state index contributed by atoms with van der Waals surface area (Å²) in [5.41, 5.74) is -0.577. The minimum absolute atomic E-state index is 0.0143. The first-order valence-corrected chi connectivity index (χ1v) is 8.07. The zero-order valence-electron chi connectivity index (χ0n) is 13.9. The van der Waals surface area contributed by atoms with Gasteiger partial charge in [0.15, 0.2) is 0 Å². The Balaban J connectivity index is 1.93. The van der Waals surface area contributed by atoms with Crippen LogP contribution in [0.3, 0.4) is 0 Å². The van der Waals surface area contributed by atoms with Gasteiger partial charge in [-0.25, -0.2) is 14.6 Å². The number of carbonyl (C=O) groups is 2. The maximum absolute atomic E-state index is 12.0. The highest BCUT2D eigenvalue weighted by Gasteiger charge is 2.28. The van der Waals surface area contributed by atoms with Crippen molar-refractivity contribution in [2.45, 2.75) is 45.3 Å². The van der Waals surface area contributed by atoms with Crippen LogP contribution in [0, 0.1) is 0 Å². The summed E-state index contributed by atoms with van der Waals surface area (Å²) in [7, 11) is 0. The summed E-state index contributed by atoms with van der Waals surface area (Å²) >= 11 is 6.02. The van der Waals surface area contributed by atoms with Crippen LogP contribution in [-0.4, -0.2) is 51.8 Å². The lowest BCUT2D eigenvalue weighted by Crippen LogP contribution is -2.44. The van der Waals surface area contributed by atoms with E-state index in [1.807, 2.05) is 20.8 Å². The number of pyridine rings is 1. The smallest absolute Gasteiger partial charge is 0.410 e. The molecule has 1 aromatic rings. The number of carboxylic acid groups (broad SMARTS) is 1. The second-order valence-corrected chi connectivity index (χ2v) is 6.95. The summed E-state index contributed by atoms with van der Waals surface area (Å²) in [6.45, 7) is 6.46. The number of rotatable bonds is 3. The third kappa shape index (κ3) is 4.74. The Morgan fingerprint density at radius 1 is 1.33 bits per heavy atom. The van der Waals surface area contributed by atoms with Crippen LogP contribution in [-0.2, 0) is 4.74 Å². The number of amides is 1. The van der Waals surface area contributed by atoms with Crippen molar-refractivity contribution in [3.05, 3.63) is 22.8 Å². The molecule has 0 spiro atoms. The summed E-state index contributed by atoms with van der Waals surface area (Å²) in [6, 6.07) is 1.32. The molecule has 132 valence electrons. The third-order valence-electron chi connectivity index (χ3n) is 3.46. The normalized spacial score (nSPS) is 15.9. The summed E-state index contributed by atoms with van der Waals surface area (Å²) in [5, 5.41) is 9.04. The molecular weight excluding hydrogens is 336 g/mol. The zero-order chi connectivity index (χ0) is 17.9. The largest absolute Gasteiger partial charge is 0.478 e. The second-order valence-electron chi connectivity index (χ2n) is 6.57. The fraction of sp³-hybridized carbons (Fsp3) is 0.562. The number of aromatic carboxylic acids is 1.